The molecule has 0 amide bonds. The molecule has 1 aromatic rings. The van der Waals surface area contributed by atoms with Crippen LogP contribution < -0.4 is 5.73 Å². The Hall–Kier alpha value is -1.40. The van der Waals surface area contributed by atoms with Crippen molar-refractivity contribution >= 4 is 18.4 Å². The van der Waals surface area contributed by atoms with Crippen molar-refractivity contribution in [2.75, 3.05) is 0 Å². The van der Waals surface area contributed by atoms with Crippen LogP contribution in [-0.4, -0.2) is 22.6 Å². The van der Waals surface area contributed by atoms with E-state index in [1.54, 1.807) is 0 Å². The largest absolute Gasteiger partial charge is 0.507 e. The van der Waals surface area contributed by atoms with E-state index in [1.807, 2.05) is 0 Å². The molecule has 17 heavy (non-hydrogen) atoms. The second-order valence-electron chi connectivity index (χ2n) is 3.40. The molecule has 0 saturated heterocycles. The molecule has 0 aromatic heterocycles. The molecule has 0 fully saturated rings. The Labute approximate surface area is 102 Å². The number of hydrogen-bond acceptors (Lipinski definition) is 3. The SMILES string of the molecule is Cc1cc(C(=O)O)cc([C@@H](N)C(F)F)c1O.Cl. The molecule has 0 aliphatic heterocycles. The minimum absolute atomic E-state index is 0. The lowest BCUT2D eigenvalue weighted by Crippen LogP contribution is -2.19. The number of carbonyl (C=O) groups is 1. The van der Waals surface area contributed by atoms with E-state index < -0.39 is 24.2 Å². The third-order valence-corrected chi connectivity index (χ3v) is 2.21. The molecule has 0 saturated carbocycles. The first-order valence-corrected chi connectivity index (χ1v) is 4.45. The number of aromatic hydroxyl groups is 1. The van der Waals surface area contributed by atoms with Crippen molar-refractivity contribution in [1.82, 2.24) is 0 Å². The van der Waals surface area contributed by atoms with Gasteiger partial charge in [0.25, 0.3) is 6.43 Å². The number of rotatable bonds is 3. The van der Waals surface area contributed by atoms with Crippen LogP contribution in [0, 0.1) is 6.92 Å². The van der Waals surface area contributed by atoms with Gasteiger partial charge in [-0.05, 0) is 24.6 Å². The van der Waals surface area contributed by atoms with Gasteiger partial charge in [-0.2, -0.15) is 0 Å². The number of carboxylic acid groups (broad SMARTS) is 1. The predicted octanol–water partition coefficient (Wildman–Crippen LogP) is 2.09. The highest BCUT2D eigenvalue weighted by atomic mass is 35.5. The third-order valence-electron chi connectivity index (χ3n) is 2.21. The molecule has 0 bridgehead atoms. The fourth-order valence-electron chi connectivity index (χ4n) is 1.32. The molecule has 4 N–H and O–H groups in total. The zero-order valence-electron chi connectivity index (χ0n) is 8.85. The van der Waals surface area contributed by atoms with Crippen molar-refractivity contribution in [3.8, 4) is 5.75 Å². The minimum Gasteiger partial charge on any atom is -0.507 e. The van der Waals surface area contributed by atoms with Crippen LogP contribution in [0.15, 0.2) is 12.1 Å². The quantitative estimate of drug-likeness (QED) is 0.783. The van der Waals surface area contributed by atoms with Gasteiger partial charge in [-0.3, -0.25) is 0 Å². The van der Waals surface area contributed by atoms with Crippen LogP contribution in [-0.2, 0) is 0 Å². The van der Waals surface area contributed by atoms with Gasteiger partial charge in [0.05, 0.1) is 11.6 Å². The number of carboxylic acids is 1. The Morgan fingerprint density at radius 1 is 1.41 bits per heavy atom. The van der Waals surface area contributed by atoms with Gasteiger partial charge >= 0.3 is 5.97 Å². The van der Waals surface area contributed by atoms with Crippen LogP contribution in [0.25, 0.3) is 0 Å². The van der Waals surface area contributed by atoms with Crippen molar-refractivity contribution in [3.63, 3.8) is 0 Å². The molecular weight excluding hydrogens is 256 g/mol. The standard InChI is InChI=1S/C10H11F2NO3.ClH/c1-4-2-5(10(15)16)3-6(8(4)14)7(13)9(11)12;/h2-3,7,9,14H,13H2,1H3,(H,15,16);1H/t7-;/m1./s1. The summed E-state index contributed by atoms with van der Waals surface area (Å²) >= 11 is 0. The summed E-state index contributed by atoms with van der Waals surface area (Å²) in [5.74, 6) is -1.65. The normalized spacial score (nSPS) is 12.1. The number of phenolic OH excluding ortho intramolecular Hbond substituents is 1. The zero-order chi connectivity index (χ0) is 12.5. The Morgan fingerprint density at radius 2 is 1.94 bits per heavy atom. The smallest absolute Gasteiger partial charge is 0.335 e. The first kappa shape index (κ1) is 15.6. The Bertz CT molecular complexity index is 426. The molecule has 0 radical (unpaired) electrons. The average Bonchev–Trinajstić information content (AvgIpc) is 2.20. The van der Waals surface area contributed by atoms with E-state index in [0.29, 0.717) is 0 Å². The summed E-state index contributed by atoms with van der Waals surface area (Å²) in [4.78, 5) is 10.7. The van der Waals surface area contributed by atoms with E-state index in [1.165, 1.54) is 13.0 Å². The lowest BCUT2D eigenvalue weighted by Gasteiger charge is -2.15. The van der Waals surface area contributed by atoms with Gasteiger partial charge in [0.15, 0.2) is 0 Å². The molecule has 0 unspecified atom stereocenters. The number of aryl methyl sites for hydroxylation is 1. The average molecular weight is 268 g/mol. The van der Waals surface area contributed by atoms with Gasteiger partial charge < -0.3 is 15.9 Å². The van der Waals surface area contributed by atoms with Gasteiger partial charge in [0.2, 0.25) is 0 Å². The first-order chi connectivity index (χ1) is 7.34. The molecule has 1 aromatic carbocycles. The molecule has 4 nitrogen and oxygen atoms in total. The first-order valence-electron chi connectivity index (χ1n) is 4.45. The third kappa shape index (κ3) is 3.28. The highest BCUT2D eigenvalue weighted by Gasteiger charge is 2.23. The molecule has 1 atom stereocenters. The van der Waals surface area contributed by atoms with E-state index in [2.05, 4.69) is 0 Å². The van der Waals surface area contributed by atoms with Crippen molar-refractivity contribution < 1.29 is 23.8 Å². The molecule has 0 aliphatic rings. The zero-order valence-corrected chi connectivity index (χ0v) is 9.67. The number of benzene rings is 1. The Morgan fingerprint density at radius 3 is 2.35 bits per heavy atom. The number of aromatic carboxylic acids is 1. The fourth-order valence-corrected chi connectivity index (χ4v) is 1.32. The van der Waals surface area contributed by atoms with Crippen LogP contribution in [0.3, 0.4) is 0 Å². The van der Waals surface area contributed by atoms with Gasteiger partial charge in [0.1, 0.15) is 5.75 Å². The topological polar surface area (TPSA) is 83.5 Å². The molecule has 0 spiro atoms. The molecular formula is C10H12ClF2NO3. The fraction of sp³-hybridized carbons (Fsp3) is 0.300. The van der Waals surface area contributed by atoms with Gasteiger partial charge in [-0.15, -0.1) is 12.4 Å². The second kappa shape index (κ2) is 5.79. The molecule has 7 heteroatoms. The minimum atomic E-state index is -2.87. The predicted molar refractivity (Wildman–Crippen MR) is 60.0 cm³/mol. The van der Waals surface area contributed by atoms with Crippen molar-refractivity contribution in [2.45, 2.75) is 19.4 Å². The van der Waals surface area contributed by atoms with E-state index >= 15 is 0 Å². The molecule has 1 rings (SSSR count). The maximum Gasteiger partial charge on any atom is 0.335 e. The van der Waals surface area contributed by atoms with Crippen LogP contribution in [0.1, 0.15) is 27.5 Å². The summed E-state index contributed by atoms with van der Waals surface area (Å²) < 4.78 is 24.8. The van der Waals surface area contributed by atoms with Crippen LogP contribution in [0.4, 0.5) is 8.78 Å². The highest BCUT2D eigenvalue weighted by Crippen LogP contribution is 2.31. The van der Waals surface area contributed by atoms with Crippen LogP contribution in [0.5, 0.6) is 5.75 Å². The number of nitrogens with two attached hydrogens (primary N) is 1. The van der Waals surface area contributed by atoms with Crippen molar-refractivity contribution in [2.24, 2.45) is 5.73 Å². The van der Waals surface area contributed by atoms with Crippen molar-refractivity contribution in [3.05, 3.63) is 28.8 Å². The van der Waals surface area contributed by atoms with Crippen LogP contribution in [0.2, 0.25) is 0 Å². The molecule has 96 valence electrons. The van der Waals surface area contributed by atoms with Crippen LogP contribution >= 0.6 is 12.4 Å². The van der Waals surface area contributed by atoms with Gasteiger partial charge in [-0.1, -0.05) is 0 Å². The second-order valence-corrected chi connectivity index (χ2v) is 3.40. The summed E-state index contributed by atoms with van der Waals surface area (Å²) in [7, 11) is 0. The number of alkyl halides is 2. The van der Waals surface area contributed by atoms with Gasteiger partial charge in [0, 0.05) is 5.56 Å². The maximum atomic E-state index is 12.4. The van der Waals surface area contributed by atoms with E-state index in [-0.39, 0.29) is 29.1 Å². The summed E-state index contributed by atoms with van der Waals surface area (Å²) in [6.45, 7) is 1.42. The number of phenols is 1. The van der Waals surface area contributed by atoms with Gasteiger partial charge in [-0.25, -0.2) is 13.6 Å². The summed E-state index contributed by atoms with van der Waals surface area (Å²) in [6.07, 6.45) is -2.87. The Kier molecular flexibility index (Phi) is 5.31. The van der Waals surface area contributed by atoms with E-state index in [0.717, 1.165) is 6.07 Å². The lowest BCUT2D eigenvalue weighted by atomic mass is 10.00. The number of halogens is 3. The summed E-state index contributed by atoms with van der Waals surface area (Å²) in [5.41, 5.74) is 4.94. The molecule has 0 heterocycles. The molecule has 0 aliphatic carbocycles. The highest BCUT2D eigenvalue weighted by molar-refractivity contribution is 5.88. The summed E-state index contributed by atoms with van der Waals surface area (Å²) in [5, 5.41) is 18.3. The maximum absolute atomic E-state index is 12.4. The van der Waals surface area contributed by atoms with Crippen molar-refractivity contribution in [1.29, 1.82) is 0 Å². The Balaban J connectivity index is 0.00000256. The number of hydrogen-bond donors (Lipinski definition) is 3. The van der Waals surface area contributed by atoms with E-state index in [4.69, 9.17) is 10.8 Å². The lowest BCUT2D eigenvalue weighted by molar-refractivity contribution is 0.0695. The monoisotopic (exact) mass is 267 g/mol. The van der Waals surface area contributed by atoms with E-state index in [9.17, 15) is 18.7 Å². The summed E-state index contributed by atoms with van der Waals surface area (Å²) in [6, 6.07) is 0.457.